The van der Waals surface area contributed by atoms with E-state index in [1.165, 1.54) is 28.0 Å². The molecule has 1 aromatic rings. The minimum absolute atomic E-state index is 0.319. The first kappa shape index (κ1) is 23.9. The van der Waals surface area contributed by atoms with Crippen LogP contribution in [-0.4, -0.2) is 19.9 Å². The highest BCUT2D eigenvalue weighted by Gasteiger charge is 2.10. The van der Waals surface area contributed by atoms with E-state index in [-0.39, 0.29) is 0 Å². The van der Waals surface area contributed by atoms with Crippen LogP contribution in [0.2, 0.25) is 0 Å². The third kappa shape index (κ3) is 7.82. The molecule has 0 unspecified atom stereocenters. The number of ketones is 1. The quantitative estimate of drug-likeness (QED) is 0.379. The van der Waals surface area contributed by atoms with E-state index in [2.05, 4.69) is 88.3 Å². The van der Waals surface area contributed by atoms with Gasteiger partial charge >= 0.3 is 0 Å². The van der Waals surface area contributed by atoms with E-state index in [0.717, 1.165) is 50.5 Å². The van der Waals surface area contributed by atoms with Crippen molar-refractivity contribution < 1.29 is 4.79 Å². The minimum Gasteiger partial charge on any atom is -0.378 e. The van der Waals surface area contributed by atoms with Crippen LogP contribution in [0.3, 0.4) is 0 Å². The maximum Gasteiger partial charge on any atom is 0.158 e. The molecular formula is C28H39NO. The fraction of sp³-hybridized carbons (Fsp3) is 0.464. The Balaban J connectivity index is 2.15. The van der Waals surface area contributed by atoms with Crippen molar-refractivity contribution in [3.8, 4) is 0 Å². The Labute approximate surface area is 184 Å². The molecule has 0 saturated heterocycles. The molecule has 2 heteroatoms. The normalized spacial score (nSPS) is 18.4. The summed E-state index contributed by atoms with van der Waals surface area (Å²) < 4.78 is 0. The maximum atomic E-state index is 12.5. The molecule has 0 saturated carbocycles. The average Bonchev–Trinajstić information content (AvgIpc) is 2.72. The van der Waals surface area contributed by atoms with Gasteiger partial charge in [0.05, 0.1) is 0 Å². The molecule has 0 atom stereocenters. The molecule has 0 radical (unpaired) electrons. The Kier molecular flexibility index (Phi) is 9.86. The lowest BCUT2D eigenvalue weighted by molar-refractivity contribution is -0.115. The highest BCUT2D eigenvalue weighted by molar-refractivity contribution is 5.95. The third-order valence-electron chi connectivity index (χ3n) is 5.62. The van der Waals surface area contributed by atoms with E-state index < -0.39 is 0 Å². The number of carbonyl (C=O) groups excluding carboxylic acids is 1. The molecule has 162 valence electrons. The van der Waals surface area contributed by atoms with Crippen LogP contribution in [-0.2, 0) is 11.2 Å². The summed E-state index contributed by atoms with van der Waals surface area (Å²) in [4.78, 5) is 14.6. The number of hydrogen-bond donors (Lipinski definition) is 0. The molecular weight excluding hydrogens is 366 g/mol. The molecule has 1 aromatic carbocycles. The molecule has 0 N–H and O–H groups in total. The van der Waals surface area contributed by atoms with Crippen LogP contribution in [0.25, 0.3) is 0 Å². The van der Waals surface area contributed by atoms with E-state index in [0.29, 0.717) is 12.2 Å². The van der Waals surface area contributed by atoms with Crippen molar-refractivity contribution >= 4 is 11.5 Å². The van der Waals surface area contributed by atoms with Gasteiger partial charge in [-0.25, -0.2) is 0 Å². The molecule has 0 amide bonds. The van der Waals surface area contributed by atoms with E-state index in [9.17, 15) is 4.79 Å². The molecule has 0 heterocycles. The first-order chi connectivity index (χ1) is 14.4. The predicted molar refractivity (Wildman–Crippen MR) is 131 cm³/mol. The zero-order valence-corrected chi connectivity index (χ0v) is 19.6. The molecule has 2 nitrogen and oxygen atoms in total. The van der Waals surface area contributed by atoms with Crippen LogP contribution in [0.1, 0.15) is 71.3 Å². The fourth-order valence-corrected chi connectivity index (χ4v) is 3.77. The SMILES string of the molecule is CCCC(=O)/C(=C/C1=C/C=C(/CCc2ccc(N(C)C)cc2)C=C(C)CC1)CCC. The molecule has 0 spiro atoms. The van der Waals surface area contributed by atoms with Gasteiger partial charge in [0.1, 0.15) is 0 Å². The summed E-state index contributed by atoms with van der Waals surface area (Å²) in [6, 6.07) is 8.84. The van der Waals surface area contributed by atoms with Crippen LogP contribution in [0.15, 0.2) is 70.9 Å². The van der Waals surface area contributed by atoms with Crippen molar-refractivity contribution in [1.29, 1.82) is 0 Å². The number of nitrogens with zero attached hydrogens (tertiary/aromatic N) is 1. The summed E-state index contributed by atoms with van der Waals surface area (Å²) in [5, 5.41) is 0. The molecule has 0 aliphatic heterocycles. The van der Waals surface area contributed by atoms with E-state index in [4.69, 9.17) is 0 Å². The summed E-state index contributed by atoms with van der Waals surface area (Å²) in [5.41, 5.74) is 7.67. The molecule has 1 aliphatic rings. The number of allylic oxidation sites excluding steroid dienone is 8. The van der Waals surface area contributed by atoms with Gasteiger partial charge in [0.15, 0.2) is 5.78 Å². The molecule has 0 aromatic heterocycles. The highest BCUT2D eigenvalue weighted by Crippen LogP contribution is 2.24. The Bertz CT molecular complexity index is 819. The Hall–Kier alpha value is -2.35. The fourth-order valence-electron chi connectivity index (χ4n) is 3.77. The molecule has 1 aliphatic carbocycles. The van der Waals surface area contributed by atoms with Gasteiger partial charge in [-0.3, -0.25) is 4.79 Å². The van der Waals surface area contributed by atoms with Crippen LogP contribution >= 0.6 is 0 Å². The number of anilines is 1. The topological polar surface area (TPSA) is 20.3 Å². The lowest BCUT2D eigenvalue weighted by Gasteiger charge is -2.13. The smallest absolute Gasteiger partial charge is 0.158 e. The second kappa shape index (κ2) is 12.4. The van der Waals surface area contributed by atoms with E-state index >= 15 is 0 Å². The van der Waals surface area contributed by atoms with E-state index in [1.54, 1.807) is 0 Å². The molecule has 30 heavy (non-hydrogen) atoms. The van der Waals surface area contributed by atoms with Crippen molar-refractivity contribution in [1.82, 2.24) is 0 Å². The summed E-state index contributed by atoms with van der Waals surface area (Å²) in [7, 11) is 4.14. The number of Topliss-reactive ketones (excluding diaryl/α,β-unsaturated/α-hetero) is 1. The molecule has 2 rings (SSSR count). The number of aryl methyl sites for hydroxylation is 1. The second-order valence-corrected chi connectivity index (χ2v) is 8.63. The first-order valence-corrected chi connectivity index (χ1v) is 11.5. The molecule has 0 bridgehead atoms. The van der Waals surface area contributed by atoms with Crippen LogP contribution in [0.4, 0.5) is 5.69 Å². The van der Waals surface area contributed by atoms with Gasteiger partial charge in [-0.05, 0) is 79.9 Å². The van der Waals surface area contributed by atoms with E-state index in [1.807, 2.05) is 0 Å². The average molecular weight is 406 g/mol. The Morgan fingerprint density at radius 3 is 2.30 bits per heavy atom. The van der Waals surface area contributed by atoms with Gasteiger partial charge in [0, 0.05) is 26.2 Å². The van der Waals surface area contributed by atoms with Crippen LogP contribution in [0, 0.1) is 0 Å². The number of carbonyl (C=O) groups is 1. The van der Waals surface area contributed by atoms with Gasteiger partial charge in [-0.15, -0.1) is 0 Å². The Morgan fingerprint density at radius 1 is 0.967 bits per heavy atom. The van der Waals surface area contributed by atoms with Crippen molar-refractivity contribution in [2.45, 2.75) is 72.1 Å². The van der Waals surface area contributed by atoms with Crippen molar-refractivity contribution in [3.05, 3.63) is 76.4 Å². The summed E-state index contributed by atoms with van der Waals surface area (Å²) in [6.45, 7) is 6.45. The molecule has 0 fully saturated rings. The van der Waals surface area contributed by atoms with Gasteiger partial charge < -0.3 is 4.90 Å². The summed E-state index contributed by atoms with van der Waals surface area (Å²) >= 11 is 0. The first-order valence-electron chi connectivity index (χ1n) is 11.5. The zero-order valence-electron chi connectivity index (χ0n) is 19.6. The summed E-state index contributed by atoms with van der Waals surface area (Å²) in [6.07, 6.45) is 16.6. The van der Waals surface area contributed by atoms with Crippen molar-refractivity contribution in [2.75, 3.05) is 19.0 Å². The van der Waals surface area contributed by atoms with Gasteiger partial charge in [-0.2, -0.15) is 0 Å². The highest BCUT2D eigenvalue weighted by atomic mass is 16.1. The van der Waals surface area contributed by atoms with Crippen LogP contribution in [0.5, 0.6) is 0 Å². The largest absolute Gasteiger partial charge is 0.378 e. The van der Waals surface area contributed by atoms with Crippen LogP contribution < -0.4 is 4.90 Å². The Morgan fingerprint density at radius 2 is 1.67 bits per heavy atom. The number of benzene rings is 1. The second-order valence-electron chi connectivity index (χ2n) is 8.63. The van der Waals surface area contributed by atoms with Gasteiger partial charge in [0.25, 0.3) is 0 Å². The predicted octanol–water partition coefficient (Wildman–Crippen LogP) is 7.37. The monoisotopic (exact) mass is 405 g/mol. The standard InChI is InChI=1S/C28H39NO/c1-6-8-26(28(30)9-7-2)21-25-11-10-22(3)20-24(14-15-25)13-12-23-16-18-27(19-17-23)29(4)5/h14-21H,6-13H2,1-5H3/b22-20?,24-14-,25-15+,26-21+. The zero-order chi connectivity index (χ0) is 21.9. The van der Waals surface area contributed by atoms with Crippen molar-refractivity contribution in [2.24, 2.45) is 0 Å². The number of rotatable bonds is 10. The minimum atomic E-state index is 0.319. The lowest BCUT2D eigenvalue weighted by atomic mass is 9.93. The van der Waals surface area contributed by atoms with Gasteiger partial charge in [0.2, 0.25) is 0 Å². The summed E-state index contributed by atoms with van der Waals surface area (Å²) in [5.74, 6) is 0.319. The number of hydrogen-bond acceptors (Lipinski definition) is 2. The maximum absolute atomic E-state index is 12.5. The lowest BCUT2D eigenvalue weighted by Crippen LogP contribution is -2.08. The van der Waals surface area contributed by atoms with Crippen molar-refractivity contribution in [3.63, 3.8) is 0 Å². The third-order valence-corrected chi connectivity index (χ3v) is 5.62. The van der Waals surface area contributed by atoms with Gasteiger partial charge in [-0.1, -0.05) is 62.3 Å².